The first-order valence-electron chi connectivity index (χ1n) is 7.05. The molecule has 0 bridgehead atoms. The summed E-state index contributed by atoms with van der Waals surface area (Å²) >= 11 is 5.94. The maximum atomic E-state index is 12.7. The lowest BCUT2D eigenvalue weighted by atomic mass is 10.1. The van der Waals surface area contributed by atoms with Crippen molar-refractivity contribution in [2.75, 3.05) is 6.61 Å². The van der Waals surface area contributed by atoms with Crippen molar-refractivity contribution < 1.29 is 22.7 Å². The van der Waals surface area contributed by atoms with Gasteiger partial charge in [0, 0.05) is 24.5 Å². The highest BCUT2D eigenvalue weighted by molar-refractivity contribution is 6.32. The lowest BCUT2D eigenvalue weighted by Crippen LogP contribution is -2.35. The quantitative estimate of drug-likeness (QED) is 0.831. The second kappa shape index (κ2) is 7.23. The molecule has 0 radical (unpaired) electrons. The molecule has 2 aromatic heterocycles. The first-order chi connectivity index (χ1) is 11.2. The summed E-state index contributed by atoms with van der Waals surface area (Å²) in [7, 11) is 0. The zero-order valence-electron chi connectivity index (χ0n) is 12.7. The summed E-state index contributed by atoms with van der Waals surface area (Å²) in [5.74, 6) is -0.433. The Morgan fingerprint density at radius 1 is 1.50 bits per heavy atom. The number of carbonyl (C=O) groups excluding carboxylic acids is 1. The largest absolute Gasteiger partial charge is 0.465 e. The molecular formula is C15H15ClF3N3O2. The number of aromatic nitrogens is 2. The standard InChI is InChI=1S/C15H15ClF3N3O2/c1-2-24-14(23)12(20)7-10-4-3-5-22(10)13-11(16)6-9(8-21-13)15(17,18)19/h3-6,8,12H,2,7,20H2,1H3. The van der Waals surface area contributed by atoms with Gasteiger partial charge in [0.25, 0.3) is 0 Å². The predicted molar refractivity (Wildman–Crippen MR) is 81.9 cm³/mol. The van der Waals surface area contributed by atoms with Crippen LogP contribution in [0, 0.1) is 0 Å². The van der Waals surface area contributed by atoms with Crippen LogP contribution in [0.3, 0.4) is 0 Å². The molecule has 0 aliphatic carbocycles. The average Bonchev–Trinajstić information content (AvgIpc) is 2.94. The van der Waals surface area contributed by atoms with Gasteiger partial charge in [-0.3, -0.25) is 4.79 Å². The van der Waals surface area contributed by atoms with Gasteiger partial charge in [-0.05, 0) is 25.1 Å². The van der Waals surface area contributed by atoms with Gasteiger partial charge in [0.15, 0.2) is 5.82 Å². The molecule has 2 rings (SSSR count). The van der Waals surface area contributed by atoms with Crippen LogP contribution < -0.4 is 5.73 Å². The second-order valence-electron chi connectivity index (χ2n) is 4.96. The van der Waals surface area contributed by atoms with Crippen LogP contribution in [-0.4, -0.2) is 28.2 Å². The third-order valence-corrected chi connectivity index (χ3v) is 3.51. The van der Waals surface area contributed by atoms with Gasteiger partial charge >= 0.3 is 12.1 Å². The van der Waals surface area contributed by atoms with Crippen LogP contribution in [0.4, 0.5) is 13.2 Å². The van der Waals surface area contributed by atoms with Crippen LogP contribution in [0.15, 0.2) is 30.6 Å². The van der Waals surface area contributed by atoms with Crippen LogP contribution in [0.1, 0.15) is 18.2 Å². The van der Waals surface area contributed by atoms with E-state index in [0.717, 1.165) is 6.07 Å². The fraction of sp³-hybridized carbons (Fsp3) is 0.333. The lowest BCUT2D eigenvalue weighted by Gasteiger charge is -2.15. The lowest BCUT2D eigenvalue weighted by molar-refractivity contribution is -0.144. The number of nitrogens with zero attached hydrogens (tertiary/aromatic N) is 2. The molecule has 0 aliphatic heterocycles. The molecule has 2 heterocycles. The molecule has 2 aromatic rings. The van der Waals surface area contributed by atoms with Crippen LogP contribution >= 0.6 is 11.6 Å². The van der Waals surface area contributed by atoms with Gasteiger partial charge in [-0.15, -0.1) is 0 Å². The Kier molecular flexibility index (Phi) is 5.51. The van der Waals surface area contributed by atoms with Crippen LogP contribution in [0.5, 0.6) is 0 Å². The zero-order valence-corrected chi connectivity index (χ0v) is 13.4. The van der Waals surface area contributed by atoms with Gasteiger partial charge in [0.05, 0.1) is 17.2 Å². The Hall–Kier alpha value is -2.06. The van der Waals surface area contributed by atoms with Gasteiger partial charge in [0.2, 0.25) is 0 Å². The van der Waals surface area contributed by atoms with E-state index in [1.165, 1.54) is 4.57 Å². The highest BCUT2D eigenvalue weighted by atomic mass is 35.5. The van der Waals surface area contributed by atoms with Crippen molar-refractivity contribution in [1.82, 2.24) is 9.55 Å². The van der Waals surface area contributed by atoms with Crippen LogP contribution in [-0.2, 0) is 22.1 Å². The zero-order chi connectivity index (χ0) is 17.9. The normalized spacial score (nSPS) is 12.9. The molecule has 0 fully saturated rings. The number of pyridine rings is 1. The van der Waals surface area contributed by atoms with Crippen molar-refractivity contribution in [3.05, 3.63) is 46.9 Å². The van der Waals surface area contributed by atoms with Gasteiger partial charge in [-0.2, -0.15) is 13.2 Å². The summed E-state index contributed by atoms with van der Waals surface area (Å²) in [6, 6.07) is 3.24. The number of carbonyl (C=O) groups is 1. The minimum Gasteiger partial charge on any atom is -0.465 e. The highest BCUT2D eigenvalue weighted by Gasteiger charge is 2.32. The van der Waals surface area contributed by atoms with Gasteiger partial charge < -0.3 is 15.0 Å². The maximum Gasteiger partial charge on any atom is 0.417 e. The van der Waals surface area contributed by atoms with E-state index in [4.69, 9.17) is 22.1 Å². The first kappa shape index (κ1) is 18.3. The Labute approximate surface area is 141 Å². The SMILES string of the molecule is CCOC(=O)C(N)Cc1cccn1-c1ncc(C(F)(F)F)cc1Cl. The highest BCUT2D eigenvalue weighted by Crippen LogP contribution is 2.32. The van der Waals surface area contributed by atoms with Crippen molar-refractivity contribution in [1.29, 1.82) is 0 Å². The minimum atomic E-state index is -4.53. The predicted octanol–water partition coefficient (Wildman–Crippen LogP) is 2.98. The fourth-order valence-corrected chi connectivity index (χ4v) is 2.37. The van der Waals surface area contributed by atoms with E-state index in [2.05, 4.69) is 4.98 Å². The molecule has 0 amide bonds. The third-order valence-electron chi connectivity index (χ3n) is 3.23. The smallest absolute Gasteiger partial charge is 0.417 e. The first-order valence-corrected chi connectivity index (χ1v) is 7.43. The Morgan fingerprint density at radius 2 is 2.21 bits per heavy atom. The summed E-state index contributed by atoms with van der Waals surface area (Å²) in [6.45, 7) is 1.87. The van der Waals surface area contributed by atoms with Crippen molar-refractivity contribution in [3.63, 3.8) is 0 Å². The summed E-state index contributed by atoms with van der Waals surface area (Å²) in [5.41, 5.74) is 5.41. The molecule has 0 saturated heterocycles. The molecule has 1 atom stereocenters. The fourth-order valence-electron chi connectivity index (χ4n) is 2.11. The molecule has 0 saturated carbocycles. The Balaban J connectivity index is 2.29. The molecule has 2 N–H and O–H groups in total. The monoisotopic (exact) mass is 361 g/mol. The van der Waals surface area contributed by atoms with Gasteiger partial charge in [-0.25, -0.2) is 4.98 Å². The van der Waals surface area contributed by atoms with Gasteiger partial charge in [0.1, 0.15) is 6.04 Å². The number of hydrogen-bond donors (Lipinski definition) is 1. The van der Waals surface area contributed by atoms with E-state index < -0.39 is 23.8 Å². The van der Waals surface area contributed by atoms with E-state index in [1.807, 2.05) is 0 Å². The Morgan fingerprint density at radius 3 is 2.79 bits per heavy atom. The average molecular weight is 362 g/mol. The molecule has 9 heteroatoms. The maximum absolute atomic E-state index is 12.7. The number of rotatable bonds is 5. The van der Waals surface area contributed by atoms with Crippen molar-refractivity contribution in [3.8, 4) is 5.82 Å². The summed E-state index contributed by atoms with van der Waals surface area (Å²) in [6.07, 6.45) is -2.11. The topological polar surface area (TPSA) is 70.1 Å². The molecule has 24 heavy (non-hydrogen) atoms. The summed E-state index contributed by atoms with van der Waals surface area (Å²) in [4.78, 5) is 15.4. The van der Waals surface area contributed by atoms with E-state index in [-0.39, 0.29) is 23.9 Å². The van der Waals surface area contributed by atoms with E-state index in [0.29, 0.717) is 11.9 Å². The molecule has 1 unspecified atom stereocenters. The minimum absolute atomic E-state index is 0.126. The molecule has 0 aliphatic rings. The Bertz CT molecular complexity index is 731. The number of hydrogen-bond acceptors (Lipinski definition) is 4. The third kappa shape index (κ3) is 4.07. The molecule has 0 aromatic carbocycles. The van der Waals surface area contributed by atoms with E-state index >= 15 is 0 Å². The molecule has 5 nitrogen and oxygen atoms in total. The number of halogens is 4. The number of nitrogens with two attached hydrogens (primary N) is 1. The summed E-state index contributed by atoms with van der Waals surface area (Å²) in [5, 5.41) is -0.160. The number of esters is 1. The molecular weight excluding hydrogens is 347 g/mol. The second-order valence-corrected chi connectivity index (χ2v) is 5.37. The van der Waals surface area contributed by atoms with E-state index in [1.54, 1.807) is 25.3 Å². The van der Waals surface area contributed by atoms with Crippen LogP contribution in [0.25, 0.3) is 5.82 Å². The van der Waals surface area contributed by atoms with Crippen molar-refractivity contribution >= 4 is 17.6 Å². The van der Waals surface area contributed by atoms with Gasteiger partial charge in [-0.1, -0.05) is 11.6 Å². The van der Waals surface area contributed by atoms with Crippen LogP contribution in [0.2, 0.25) is 5.02 Å². The van der Waals surface area contributed by atoms with Crippen molar-refractivity contribution in [2.24, 2.45) is 5.73 Å². The molecule has 0 spiro atoms. The molecule has 130 valence electrons. The van der Waals surface area contributed by atoms with Crippen molar-refractivity contribution in [2.45, 2.75) is 25.6 Å². The van der Waals surface area contributed by atoms with E-state index in [9.17, 15) is 18.0 Å². The summed E-state index contributed by atoms with van der Waals surface area (Å²) < 4.78 is 44.4. The number of ether oxygens (including phenoxy) is 1. The number of alkyl halides is 3.